The van der Waals surface area contributed by atoms with E-state index in [1.165, 1.54) is 51.4 Å². The van der Waals surface area contributed by atoms with Crippen LogP contribution in [0.5, 0.6) is 0 Å². The molecule has 0 radical (unpaired) electrons. The number of allylic oxidation sites excluding steroid dienone is 11. The third-order valence-corrected chi connectivity index (χ3v) is 8.96. The quantitative estimate of drug-likeness (QED) is 0.0185. The van der Waals surface area contributed by atoms with Gasteiger partial charge in [-0.05, 0) is 44.9 Å². The second-order valence-electron chi connectivity index (χ2n) is 13.0. The van der Waals surface area contributed by atoms with Gasteiger partial charge >= 0.3 is 19.8 Å². The first kappa shape index (κ1) is 50.4. The monoisotopic (exact) mass is 765 g/mol. The molecule has 0 aromatic carbocycles. The number of hydrogen-bond acceptors (Lipinski definition) is 9. The molecule has 0 heterocycles. The van der Waals surface area contributed by atoms with E-state index in [1.54, 1.807) is 12.2 Å². The molecular weight excluding hydrogens is 693 g/mol. The molecule has 11 heteroatoms. The number of rotatable bonds is 36. The van der Waals surface area contributed by atoms with Gasteiger partial charge in [0.2, 0.25) is 0 Å². The molecule has 2 unspecified atom stereocenters. The molecule has 0 spiro atoms. The van der Waals surface area contributed by atoms with Crippen LogP contribution in [0.15, 0.2) is 72.9 Å². The first-order chi connectivity index (χ1) is 25.7. The molecule has 0 bridgehead atoms. The van der Waals surface area contributed by atoms with Crippen LogP contribution < -0.4 is 5.73 Å². The highest BCUT2D eigenvalue weighted by Gasteiger charge is 2.26. The van der Waals surface area contributed by atoms with Gasteiger partial charge in [0.05, 0.1) is 19.3 Å². The fourth-order valence-electron chi connectivity index (χ4n) is 4.98. The summed E-state index contributed by atoms with van der Waals surface area (Å²) in [4.78, 5) is 34.8. The van der Waals surface area contributed by atoms with E-state index in [0.29, 0.717) is 6.42 Å². The molecule has 0 saturated carbocycles. The minimum Gasteiger partial charge on any atom is -0.462 e. The first-order valence-corrected chi connectivity index (χ1v) is 21.5. The second kappa shape index (κ2) is 37.7. The molecule has 0 saturated heterocycles. The summed E-state index contributed by atoms with van der Waals surface area (Å²) >= 11 is 0. The van der Waals surface area contributed by atoms with Crippen molar-refractivity contribution in [2.24, 2.45) is 5.73 Å². The van der Waals surface area contributed by atoms with Crippen LogP contribution in [0.3, 0.4) is 0 Å². The summed E-state index contributed by atoms with van der Waals surface area (Å²) in [6, 6.07) is 0. The molecule has 0 aliphatic rings. The Kier molecular flexibility index (Phi) is 35.9. The lowest BCUT2D eigenvalue weighted by Gasteiger charge is -2.20. The highest BCUT2D eigenvalue weighted by atomic mass is 31.2. The van der Waals surface area contributed by atoms with E-state index in [4.69, 9.17) is 24.3 Å². The number of esters is 2. The van der Waals surface area contributed by atoms with Crippen molar-refractivity contribution in [3.8, 4) is 0 Å². The van der Waals surface area contributed by atoms with Gasteiger partial charge in [0.25, 0.3) is 0 Å². The summed E-state index contributed by atoms with van der Waals surface area (Å²) in [5, 5.41) is 10.2. The summed E-state index contributed by atoms with van der Waals surface area (Å²) < 4.78 is 32.5. The van der Waals surface area contributed by atoms with E-state index in [2.05, 4.69) is 62.5 Å². The van der Waals surface area contributed by atoms with Crippen molar-refractivity contribution in [2.45, 2.75) is 154 Å². The average molecular weight is 766 g/mol. The number of carbonyl (C=O) groups excluding carboxylic acids is 2. The van der Waals surface area contributed by atoms with Crippen LogP contribution >= 0.6 is 7.82 Å². The van der Waals surface area contributed by atoms with Crippen molar-refractivity contribution in [3.05, 3.63) is 72.9 Å². The maximum Gasteiger partial charge on any atom is 0.472 e. The standard InChI is InChI=1S/C42H72NO9P/c1-3-5-7-9-11-13-15-17-18-19-20-21-23-25-27-29-31-39(44)33-34-41(45)49-37-40(38-51-53(47,48)50-36-35-43)52-42(46)32-30-28-26-24-22-16-14-12-10-8-6-4-2/h5,7,11,13,17-18,20-21,25,27,29,31,39-40,44H,3-4,6,8-10,12,14-16,19,22-24,26,28,30,32-38,43H2,1-2H3,(H,47,48)/b7-5-,13-11-,18-17-,21-20-,27-25-,31-29-/t39?,40-/m1/s1. The van der Waals surface area contributed by atoms with Gasteiger partial charge in [-0.3, -0.25) is 18.6 Å². The Hall–Kier alpha value is -2.59. The summed E-state index contributed by atoms with van der Waals surface area (Å²) in [7, 11) is -4.43. The largest absolute Gasteiger partial charge is 0.472 e. The Bertz CT molecular complexity index is 1120. The smallest absolute Gasteiger partial charge is 0.462 e. The molecule has 0 aromatic rings. The van der Waals surface area contributed by atoms with E-state index in [9.17, 15) is 24.2 Å². The molecule has 0 aliphatic carbocycles. The lowest BCUT2D eigenvalue weighted by Crippen LogP contribution is -2.29. The summed E-state index contributed by atoms with van der Waals surface area (Å²) in [6.07, 6.45) is 41.2. The molecular formula is C42H72NO9P. The summed E-state index contributed by atoms with van der Waals surface area (Å²) in [5.74, 6) is -1.12. The van der Waals surface area contributed by atoms with E-state index in [-0.39, 0.29) is 39.0 Å². The van der Waals surface area contributed by atoms with Gasteiger partial charge in [0.1, 0.15) is 6.61 Å². The zero-order valence-corrected chi connectivity index (χ0v) is 33.7. The maximum atomic E-state index is 12.5. The summed E-state index contributed by atoms with van der Waals surface area (Å²) in [6.45, 7) is 3.31. The Labute approximate surface area is 321 Å². The van der Waals surface area contributed by atoms with Crippen LogP contribution in [-0.2, 0) is 32.7 Å². The van der Waals surface area contributed by atoms with Gasteiger partial charge in [0, 0.05) is 19.4 Å². The Morgan fingerprint density at radius 3 is 1.74 bits per heavy atom. The molecule has 0 aliphatic heterocycles. The van der Waals surface area contributed by atoms with Gasteiger partial charge in [-0.1, -0.05) is 157 Å². The third kappa shape index (κ3) is 37.5. The molecule has 0 amide bonds. The first-order valence-electron chi connectivity index (χ1n) is 20.0. The lowest BCUT2D eigenvalue weighted by molar-refractivity contribution is -0.161. The van der Waals surface area contributed by atoms with Crippen LogP contribution in [0.2, 0.25) is 0 Å². The predicted octanol–water partition coefficient (Wildman–Crippen LogP) is 10.1. The van der Waals surface area contributed by atoms with E-state index in [1.807, 2.05) is 12.2 Å². The Morgan fingerprint density at radius 2 is 1.19 bits per heavy atom. The normalized spacial score (nSPS) is 14.7. The highest BCUT2D eigenvalue weighted by Crippen LogP contribution is 2.43. The Balaban J connectivity index is 4.44. The van der Waals surface area contributed by atoms with E-state index >= 15 is 0 Å². The van der Waals surface area contributed by atoms with Crippen LogP contribution in [0.4, 0.5) is 0 Å². The molecule has 53 heavy (non-hydrogen) atoms. The molecule has 10 nitrogen and oxygen atoms in total. The van der Waals surface area contributed by atoms with Crippen molar-refractivity contribution in [2.75, 3.05) is 26.4 Å². The summed E-state index contributed by atoms with van der Waals surface area (Å²) in [5.41, 5.74) is 5.32. The van der Waals surface area contributed by atoms with Crippen molar-refractivity contribution in [3.63, 3.8) is 0 Å². The number of aliphatic hydroxyl groups excluding tert-OH is 1. The third-order valence-electron chi connectivity index (χ3n) is 7.97. The van der Waals surface area contributed by atoms with E-state index < -0.39 is 38.6 Å². The fourth-order valence-corrected chi connectivity index (χ4v) is 5.74. The van der Waals surface area contributed by atoms with Gasteiger partial charge < -0.3 is 25.2 Å². The van der Waals surface area contributed by atoms with Gasteiger partial charge in [-0.15, -0.1) is 0 Å². The fraction of sp³-hybridized carbons (Fsp3) is 0.667. The minimum atomic E-state index is -4.43. The van der Waals surface area contributed by atoms with Gasteiger partial charge in [-0.2, -0.15) is 0 Å². The molecule has 0 rings (SSSR count). The number of unbranched alkanes of at least 4 members (excludes halogenated alkanes) is 11. The van der Waals surface area contributed by atoms with Gasteiger partial charge in [0.15, 0.2) is 6.10 Å². The van der Waals surface area contributed by atoms with Crippen molar-refractivity contribution >= 4 is 19.8 Å². The van der Waals surface area contributed by atoms with Gasteiger partial charge in [-0.25, -0.2) is 4.57 Å². The Morgan fingerprint density at radius 1 is 0.660 bits per heavy atom. The molecule has 0 fully saturated rings. The predicted molar refractivity (Wildman–Crippen MR) is 216 cm³/mol. The van der Waals surface area contributed by atoms with Crippen LogP contribution in [0.1, 0.15) is 142 Å². The number of aliphatic hydroxyl groups is 1. The number of phosphoric acid groups is 1. The number of nitrogens with two attached hydrogens (primary N) is 1. The zero-order chi connectivity index (χ0) is 39.1. The number of ether oxygens (including phenoxy) is 2. The number of carbonyl (C=O) groups is 2. The molecule has 0 aromatic heterocycles. The minimum absolute atomic E-state index is 0.0202. The molecule has 304 valence electrons. The molecule has 3 atom stereocenters. The molecule has 4 N–H and O–H groups in total. The topological polar surface area (TPSA) is 155 Å². The number of hydrogen-bond donors (Lipinski definition) is 3. The van der Waals surface area contributed by atoms with Crippen LogP contribution in [-0.4, -0.2) is 60.5 Å². The average Bonchev–Trinajstić information content (AvgIpc) is 3.14. The van der Waals surface area contributed by atoms with Crippen LogP contribution in [0.25, 0.3) is 0 Å². The van der Waals surface area contributed by atoms with Crippen molar-refractivity contribution in [1.29, 1.82) is 0 Å². The van der Waals surface area contributed by atoms with Crippen LogP contribution in [0, 0.1) is 0 Å². The van der Waals surface area contributed by atoms with Crippen molar-refractivity contribution < 1.29 is 42.7 Å². The second-order valence-corrected chi connectivity index (χ2v) is 14.4. The van der Waals surface area contributed by atoms with E-state index in [0.717, 1.165) is 51.4 Å². The highest BCUT2D eigenvalue weighted by molar-refractivity contribution is 7.47. The maximum absolute atomic E-state index is 12.5. The lowest BCUT2D eigenvalue weighted by atomic mass is 10.0. The van der Waals surface area contributed by atoms with Crippen molar-refractivity contribution in [1.82, 2.24) is 0 Å². The SMILES string of the molecule is CC/C=C\C/C=C\C/C=C\C/C=C\C/C=C\C=C/C(O)CCC(=O)OC[C@H](COP(=O)(O)OCCN)OC(=O)CCCCCCCCCCCCCC. The number of phosphoric ester groups is 1. The zero-order valence-electron chi connectivity index (χ0n) is 32.8.